The molecule has 0 aliphatic carbocycles. The van der Waals surface area contributed by atoms with Crippen LogP contribution in [0.5, 0.6) is 0 Å². The van der Waals surface area contributed by atoms with Crippen LogP contribution in [-0.4, -0.2) is 13.4 Å². The van der Waals surface area contributed by atoms with E-state index in [1.165, 1.54) is 30.5 Å². The highest BCUT2D eigenvalue weighted by Crippen LogP contribution is 2.21. The minimum atomic E-state index is -3.88. The minimum Gasteiger partial charge on any atom is -0.396 e. The fourth-order valence-corrected chi connectivity index (χ4v) is 3.11. The quantitative estimate of drug-likeness (QED) is 0.927. The third-order valence-corrected chi connectivity index (χ3v) is 4.24. The topological polar surface area (TPSA) is 96.8 Å². The number of aromatic nitrogens is 1. The van der Waals surface area contributed by atoms with Gasteiger partial charge in [-0.05, 0) is 30.3 Å². The molecule has 0 aliphatic rings. The van der Waals surface area contributed by atoms with E-state index in [9.17, 15) is 12.8 Å². The number of sulfone groups is 1. The van der Waals surface area contributed by atoms with Crippen molar-refractivity contribution in [3.63, 3.8) is 0 Å². The van der Waals surface area contributed by atoms with Gasteiger partial charge in [0.2, 0.25) is 9.84 Å². The zero-order chi connectivity index (χ0) is 14.8. The van der Waals surface area contributed by atoms with Gasteiger partial charge in [-0.15, -0.1) is 0 Å². The SMILES string of the molecule is N#Cc1ccc(F)c(CS(=O)(=O)c2ncccc2N)c1. The molecule has 0 saturated carbocycles. The summed E-state index contributed by atoms with van der Waals surface area (Å²) in [5.41, 5.74) is 5.67. The van der Waals surface area contributed by atoms with Crippen LogP contribution >= 0.6 is 0 Å². The largest absolute Gasteiger partial charge is 0.396 e. The molecule has 0 saturated heterocycles. The molecule has 0 aliphatic heterocycles. The summed E-state index contributed by atoms with van der Waals surface area (Å²) in [6.45, 7) is 0. The van der Waals surface area contributed by atoms with Gasteiger partial charge in [0.1, 0.15) is 5.82 Å². The fraction of sp³-hybridized carbons (Fsp3) is 0.0769. The predicted molar refractivity (Wildman–Crippen MR) is 70.7 cm³/mol. The second-order valence-electron chi connectivity index (χ2n) is 4.07. The van der Waals surface area contributed by atoms with Crippen molar-refractivity contribution in [2.45, 2.75) is 10.8 Å². The van der Waals surface area contributed by atoms with Gasteiger partial charge in [-0.3, -0.25) is 0 Å². The maximum absolute atomic E-state index is 13.6. The highest BCUT2D eigenvalue weighted by molar-refractivity contribution is 7.90. The number of pyridine rings is 1. The summed E-state index contributed by atoms with van der Waals surface area (Å²) in [4.78, 5) is 3.72. The lowest BCUT2D eigenvalue weighted by molar-refractivity contribution is 0.584. The van der Waals surface area contributed by atoms with Crippen molar-refractivity contribution in [1.29, 1.82) is 5.26 Å². The number of nitrogens with zero attached hydrogens (tertiary/aromatic N) is 2. The lowest BCUT2D eigenvalue weighted by Crippen LogP contribution is -2.11. The van der Waals surface area contributed by atoms with Gasteiger partial charge >= 0.3 is 0 Å². The first-order valence-corrected chi connectivity index (χ1v) is 7.21. The molecule has 0 bridgehead atoms. The normalized spacial score (nSPS) is 11.0. The highest BCUT2D eigenvalue weighted by atomic mass is 32.2. The van der Waals surface area contributed by atoms with Gasteiger partial charge in [0.05, 0.1) is 23.1 Å². The monoisotopic (exact) mass is 291 g/mol. The molecular weight excluding hydrogens is 281 g/mol. The summed E-state index contributed by atoms with van der Waals surface area (Å²) in [6.07, 6.45) is 1.30. The molecule has 20 heavy (non-hydrogen) atoms. The number of nitrogens with two attached hydrogens (primary N) is 1. The predicted octanol–water partition coefficient (Wildman–Crippen LogP) is 1.65. The number of nitrogen functional groups attached to an aromatic ring is 1. The standard InChI is InChI=1S/C13H10FN3O2S/c14-11-4-3-9(7-15)6-10(11)8-20(18,19)13-12(16)2-1-5-17-13/h1-6H,8,16H2. The van der Waals surface area contributed by atoms with Crippen molar-refractivity contribution in [3.05, 3.63) is 53.5 Å². The first-order chi connectivity index (χ1) is 9.44. The van der Waals surface area contributed by atoms with Crippen LogP contribution < -0.4 is 5.73 Å². The van der Waals surface area contributed by atoms with Crippen molar-refractivity contribution in [3.8, 4) is 6.07 Å². The van der Waals surface area contributed by atoms with Gasteiger partial charge in [0.25, 0.3) is 0 Å². The molecule has 0 unspecified atom stereocenters. The van der Waals surface area contributed by atoms with Crippen molar-refractivity contribution in [1.82, 2.24) is 4.98 Å². The average molecular weight is 291 g/mol. The summed E-state index contributed by atoms with van der Waals surface area (Å²) >= 11 is 0. The Hall–Kier alpha value is -2.46. The second kappa shape index (κ2) is 5.27. The fourth-order valence-electron chi connectivity index (χ4n) is 1.69. The smallest absolute Gasteiger partial charge is 0.201 e. The minimum absolute atomic E-state index is 0.00402. The van der Waals surface area contributed by atoms with Crippen LogP contribution in [0.1, 0.15) is 11.1 Å². The third-order valence-electron chi connectivity index (χ3n) is 2.62. The Bertz CT molecular complexity index is 798. The van der Waals surface area contributed by atoms with Gasteiger partial charge < -0.3 is 5.73 Å². The molecule has 0 spiro atoms. The molecule has 2 aromatic rings. The maximum atomic E-state index is 13.6. The molecule has 0 radical (unpaired) electrons. The maximum Gasteiger partial charge on any atom is 0.201 e. The Morgan fingerprint density at radius 3 is 2.75 bits per heavy atom. The van der Waals surface area contributed by atoms with Crippen molar-refractivity contribution in [2.75, 3.05) is 5.73 Å². The van der Waals surface area contributed by atoms with Crippen molar-refractivity contribution in [2.24, 2.45) is 0 Å². The molecule has 0 fully saturated rings. The first kappa shape index (κ1) is 14.0. The number of hydrogen-bond donors (Lipinski definition) is 1. The van der Waals surface area contributed by atoms with Gasteiger partial charge in [0.15, 0.2) is 5.03 Å². The molecule has 7 heteroatoms. The molecule has 102 valence electrons. The summed E-state index contributed by atoms with van der Waals surface area (Å²) < 4.78 is 38.0. The van der Waals surface area contributed by atoms with E-state index in [0.29, 0.717) is 0 Å². The molecule has 1 heterocycles. The van der Waals surface area contributed by atoms with E-state index in [1.54, 1.807) is 0 Å². The lowest BCUT2D eigenvalue weighted by Gasteiger charge is -2.07. The van der Waals surface area contributed by atoms with E-state index in [4.69, 9.17) is 11.0 Å². The molecule has 0 amide bonds. The Morgan fingerprint density at radius 2 is 2.10 bits per heavy atom. The Kier molecular flexibility index (Phi) is 3.68. The molecule has 1 aromatic heterocycles. The van der Waals surface area contributed by atoms with Crippen molar-refractivity contribution >= 4 is 15.5 Å². The van der Waals surface area contributed by atoms with Crippen LogP contribution in [0.3, 0.4) is 0 Å². The van der Waals surface area contributed by atoms with Gasteiger partial charge in [0, 0.05) is 11.8 Å². The second-order valence-corrected chi connectivity index (χ2v) is 5.98. The van der Waals surface area contributed by atoms with E-state index in [2.05, 4.69) is 4.98 Å². The van der Waals surface area contributed by atoms with Crippen LogP contribution in [-0.2, 0) is 15.6 Å². The average Bonchev–Trinajstić information content (AvgIpc) is 2.41. The summed E-state index contributed by atoms with van der Waals surface area (Å²) in [7, 11) is -3.88. The Labute approximate surface area is 115 Å². The number of benzene rings is 1. The van der Waals surface area contributed by atoms with Gasteiger partial charge in [-0.25, -0.2) is 17.8 Å². The van der Waals surface area contributed by atoms with E-state index < -0.39 is 21.4 Å². The molecule has 2 rings (SSSR count). The lowest BCUT2D eigenvalue weighted by atomic mass is 10.1. The molecule has 2 N–H and O–H groups in total. The van der Waals surface area contributed by atoms with Crippen LogP contribution in [0.2, 0.25) is 0 Å². The van der Waals surface area contributed by atoms with E-state index in [-0.39, 0.29) is 21.8 Å². The van der Waals surface area contributed by atoms with Crippen LogP contribution in [0.25, 0.3) is 0 Å². The molecule has 0 atom stereocenters. The first-order valence-electron chi connectivity index (χ1n) is 5.56. The number of halogens is 1. The molecular formula is C13H10FN3O2S. The number of nitriles is 1. The zero-order valence-electron chi connectivity index (χ0n) is 10.2. The van der Waals surface area contributed by atoms with E-state index in [0.717, 1.165) is 6.07 Å². The summed E-state index contributed by atoms with van der Waals surface area (Å²) in [6, 6.07) is 8.28. The molecule has 5 nitrogen and oxygen atoms in total. The summed E-state index contributed by atoms with van der Waals surface area (Å²) in [5, 5.41) is 8.47. The highest BCUT2D eigenvalue weighted by Gasteiger charge is 2.21. The van der Waals surface area contributed by atoms with E-state index >= 15 is 0 Å². The summed E-state index contributed by atoms with van der Waals surface area (Å²) in [5.74, 6) is -1.29. The Balaban J connectivity index is 2.44. The number of rotatable bonds is 3. The van der Waals surface area contributed by atoms with Gasteiger partial charge in [-0.2, -0.15) is 5.26 Å². The Morgan fingerprint density at radius 1 is 1.35 bits per heavy atom. The van der Waals surface area contributed by atoms with Crippen molar-refractivity contribution < 1.29 is 12.8 Å². The third kappa shape index (κ3) is 2.75. The van der Waals surface area contributed by atoms with Crippen LogP contribution in [0.15, 0.2) is 41.6 Å². The van der Waals surface area contributed by atoms with Crippen LogP contribution in [0, 0.1) is 17.1 Å². The van der Waals surface area contributed by atoms with Crippen LogP contribution in [0.4, 0.5) is 10.1 Å². The molecule has 1 aromatic carbocycles. The number of anilines is 1. The zero-order valence-corrected chi connectivity index (χ0v) is 11.1. The number of hydrogen-bond acceptors (Lipinski definition) is 5. The van der Waals surface area contributed by atoms with Gasteiger partial charge in [-0.1, -0.05) is 0 Å². The van der Waals surface area contributed by atoms with E-state index in [1.807, 2.05) is 6.07 Å².